The molecule has 2 heterocycles. The maximum absolute atomic E-state index is 13.4. The molecule has 0 N–H and O–H groups in total. The average molecular weight is 491 g/mol. The molecule has 1 saturated heterocycles. The molecule has 33 heavy (non-hydrogen) atoms. The number of hydrogen-bond acceptors (Lipinski definition) is 5. The molecule has 0 aliphatic carbocycles. The van der Waals surface area contributed by atoms with Crippen molar-refractivity contribution in [2.45, 2.75) is 50.0 Å². The van der Waals surface area contributed by atoms with Crippen LogP contribution in [0.5, 0.6) is 0 Å². The third-order valence-electron chi connectivity index (χ3n) is 6.32. The van der Waals surface area contributed by atoms with Crippen molar-refractivity contribution in [2.24, 2.45) is 0 Å². The van der Waals surface area contributed by atoms with Crippen molar-refractivity contribution in [3.8, 4) is 0 Å². The zero-order chi connectivity index (χ0) is 23.6. The molecular formula is C24H27ClN2O5S. The van der Waals surface area contributed by atoms with E-state index in [1.54, 1.807) is 17.0 Å². The first-order valence-corrected chi connectivity index (χ1v) is 13.0. The summed E-state index contributed by atoms with van der Waals surface area (Å²) in [5.74, 6) is -0.992. The van der Waals surface area contributed by atoms with Crippen molar-refractivity contribution in [3.63, 3.8) is 0 Å². The summed E-state index contributed by atoms with van der Waals surface area (Å²) in [6, 6.07) is 11.5. The van der Waals surface area contributed by atoms with E-state index in [1.165, 1.54) is 22.5 Å². The number of anilines is 1. The van der Waals surface area contributed by atoms with E-state index in [0.717, 1.165) is 31.2 Å². The van der Waals surface area contributed by atoms with Gasteiger partial charge in [0.25, 0.3) is 15.9 Å². The second-order valence-corrected chi connectivity index (χ2v) is 10.6. The molecule has 2 aromatic carbocycles. The summed E-state index contributed by atoms with van der Waals surface area (Å²) in [6.45, 7) is 2.63. The molecule has 0 bridgehead atoms. The number of piperidine rings is 1. The van der Waals surface area contributed by atoms with Crippen molar-refractivity contribution in [2.75, 3.05) is 24.0 Å². The maximum Gasteiger partial charge on any atom is 0.338 e. The molecule has 9 heteroatoms. The number of amides is 1. The Morgan fingerprint density at radius 1 is 1.12 bits per heavy atom. The average Bonchev–Trinajstić information content (AvgIpc) is 3.27. The number of nitrogens with zero attached hydrogens (tertiary/aromatic N) is 2. The molecule has 0 spiro atoms. The van der Waals surface area contributed by atoms with E-state index in [2.05, 4.69) is 0 Å². The number of rotatable bonds is 6. The number of likely N-dealkylation sites (tertiary alicyclic amines) is 1. The molecule has 1 amide bonds. The Bertz CT molecular complexity index is 1170. The van der Waals surface area contributed by atoms with Gasteiger partial charge in [0.05, 0.1) is 16.3 Å². The van der Waals surface area contributed by atoms with Gasteiger partial charge in [-0.2, -0.15) is 0 Å². The van der Waals surface area contributed by atoms with Gasteiger partial charge in [-0.3, -0.25) is 9.10 Å². The molecule has 4 rings (SSSR count). The zero-order valence-electron chi connectivity index (χ0n) is 18.5. The number of esters is 1. The minimum atomic E-state index is -3.98. The van der Waals surface area contributed by atoms with E-state index >= 15 is 0 Å². The van der Waals surface area contributed by atoms with E-state index < -0.39 is 16.0 Å². The van der Waals surface area contributed by atoms with Gasteiger partial charge in [-0.15, -0.1) is 0 Å². The molecule has 0 aromatic heterocycles. The number of carbonyl (C=O) groups excluding carboxylic acids is 2. The van der Waals surface area contributed by atoms with Gasteiger partial charge in [0, 0.05) is 19.1 Å². The molecule has 0 saturated carbocycles. The summed E-state index contributed by atoms with van der Waals surface area (Å²) in [7, 11) is -3.98. The van der Waals surface area contributed by atoms with E-state index in [9.17, 15) is 18.0 Å². The molecule has 1 fully saturated rings. The summed E-state index contributed by atoms with van der Waals surface area (Å²) in [5.41, 5.74) is 1.58. The van der Waals surface area contributed by atoms with Crippen molar-refractivity contribution >= 4 is 39.2 Å². The Morgan fingerprint density at radius 3 is 2.70 bits per heavy atom. The zero-order valence-corrected chi connectivity index (χ0v) is 20.1. The monoisotopic (exact) mass is 490 g/mol. The highest BCUT2D eigenvalue weighted by Gasteiger charge is 2.33. The summed E-state index contributed by atoms with van der Waals surface area (Å²) in [4.78, 5) is 26.9. The lowest BCUT2D eigenvalue weighted by Crippen LogP contribution is -2.45. The van der Waals surface area contributed by atoms with Crippen LogP contribution in [0.25, 0.3) is 0 Å². The van der Waals surface area contributed by atoms with Gasteiger partial charge in [0.2, 0.25) is 0 Å². The third kappa shape index (κ3) is 4.73. The summed E-state index contributed by atoms with van der Waals surface area (Å²) in [6.07, 6.45) is 4.44. The fourth-order valence-corrected chi connectivity index (χ4v) is 6.56. The molecule has 2 aliphatic rings. The number of halogens is 1. The van der Waals surface area contributed by atoms with Crippen LogP contribution in [0.15, 0.2) is 47.4 Å². The smallest absolute Gasteiger partial charge is 0.338 e. The predicted molar refractivity (Wildman–Crippen MR) is 126 cm³/mol. The lowest BCUT2D eigenvalue weighted by molar-refractivity contribution is -0.138. The number of hydrogen-bond donors (Lipinski definition) is 0. The van der Waals surface area contributed by atoms with Crippen molar-refractivity contribution in [1.29, 1.82) is 0 Å². The van der Waals surface area contributed by atoms with Gasteiger partial charge in [-0.05, 0) is 61.9 Å². The first-order valence-electron chi connectivity index (χ1n) is 11.2. The summed E-state index contributed by atoms with van der Waals surface area (Å²) >= 11 is 6.23. The van der Waals surface area contributed by atoms with Crippen LogP contribution < -0.4 is 4.31 Å². The van der Waals surface area contributed by atoms with Crippen LogP contribution in [0.3, 0.4) is 0 Å². The largest absolute Gasteiger partial charge is 0.452 e. The molecule has 1 unspecified atom stereocenters. The van der Waals surface area contributed by atoms with Gasteiger partial charge >= 0.3 is 5.97 Å². The lowest BCUT2D eigenvalue weighted by Gasteiger charge is -2.35. The number of sulfonamides is 1. The third-order valence-corrected chi connectivity index (χ3v) is 8.62. The minimum absolute atomic E-state index is 0.0195. The van der Waals surface area contributed by atoms with Crippen LogP contribution in [0.4, 0.5) is 5.69 Å². The summed E-state index contributed by atoms with van der Waals surface area (Å²) < 4.78 is 33.3. The molecule has 0 radical (unpaired) electrons. The highest BCUT2D eigenvalue weighted by Crippen LogP contribution is 2.35. The standard InChI is InChI=1S/C24H27ClN2O5S/c1-2-19-8-5-6-13-26(19)23(28)16-32-24(29)18-10-11-20(25)22(15-18)33(30,31)27-14-12-17-7-3-4-9-21(17)27/h3-4,7,9-11,15,19H,2,5-6,8,12-14,16H2,1H3. The Hall–Kier alpha value is -2.58. The van der Waals surface area contributed by atoms with Gasteiger partial charge in [-0.1, -0.05) is 36.7 Å². The SMILES string of the molecule is CCC1CCCCN1C(=O)COC(=O)c1ccc(Cl)c(S(=O)(=O)N2CCc3ccccc32)c1. The number of carbonyl (C=O) groups is 2. The van der Waals surface area contributed by atoms with Crippen molar-refractivity contribution in [3.05, 3.63) is 58.6 Å². The fraction of sp³-hybridized carbons (Fsp3) is 0.417. The van der Waals surface area contributed by atoms with Gasteiger partial charge in [0.15, 0.2) is 6.61 Å². The molecule has 2 aromatic rings. The van der Waals surface area contributed by atoms with Gasteiger partial charge in [-0.25, -0.2) is 13.2 Å². The predicted octanol–water partition coefficient (Wildman–Crippen LogP) is 4.04. The molecule has 1 atom stereocenters. The van der Waals surface area contributed by atoms with Crippen LogP contribution in [-0.2, 0) is 26.0 Å². The van der Waals surface area contributed by atoms with Crippen molar-refractivity contribution in [1.82, 2.24) is 4.90 Å². The van der Waals surface area contributed by atoms with E-state index in [0.29, 0.717) is 25.2 Å². The first kappa shape index (κ1) is 23.6. The highest BCUT2D eigenvalue weighted by atomic mass is 35.5. The first-order chi connectivity index (χ1) is 15.8. The topological polar surface area (TPSA) is 84.0 Å². The van der Waals surface area contributed by atoms with E-state index in [-0.39, 0.29) is 34.0 Å². The second-order valence-electron chi connectivity index (χ2n) is 8.32. The molecule has 2 aliphatic heterocycles. The van der Waals surface area contributed by atoms with Crippen LogP contribution in [0, 0.1) is 0 Å². The molecule has 176 valence electrons. The maximum atomic E-state index is 13.4. The minimum Gasteiger partial charge on any atom is -0.452 e. The van der Waals surface area contributed by atoms with Crippen LogP contribution >= 0.6 is 11.6 Å². The number of benzene rings is 2. The van der Waals surface area contributed by atoms with Crippen LogP contribution in [-0.4, -0.2) is 50.9 Å². The van der Waals surface area contributed by atoms with E-state index in [1.807, 2.05) is 19.1 Å². The number of fused-ring (bicyclic) bond motifs is 1. The fourth-order valence-electron chi connectivity index (χ4n) is 4.55. The lowest BCUT2D eigenvalue weighted by atomic mass is 10.00. The quantitative estimate of drug-likeness (QED) is 0.570. The summed E-state index contributed by atoms with van der Waals surface area (Å²) in [5, 5.41) is 0.0195. The van der Waals surface area contributed by atoms with Crippen LogP contribution in [0.2, 0.25) is 5.02 Å². The Morgan fingerprint density at radius 2 is 1.91 bits per heavy atom. The molecule has 7 nitrogen and oxygen atoms in total. The number of ether oxygens (including phenoxy) is 1. The molecular weight excluding hydrogens is 464 g/mol. The second kappa shape index (κ2) is 9.73. The Labute approximate surface area is 199 Å². The van der Waals surface area contributed by atoms with Gasteiger partial charge in [0.1, 0.15) is 4.90 Å². The Balaban J connectivity index is 1.50. The number of para-hydroxylation sites is 1. The normalized spacial score (nSPS) is 18.2. The van der Waals surface area contributed by atoms with Crippen LogP contribution in [0.1, 0.15) is 48.5 Å². The van der Waals surface area contributed by atoms with Gasteiger partial charge < -0.3 is 9.64 Å². The van der Waals surface area contributed by atoms with E-state index in [4.69, 9.17) is 16.3 Å². The Kier molecular flexibility index (Phi) is 6.95. The van der Waals surface area contributed by atoms with Crippen molar-refractivity contribution < 1.29 is 22.7 Å². The highest BCUT2D eigenvalue weighted by molar-refractivity contribution is 7.93.